The third-order valence-electron chi connectivity index (χ3n) is 3.31. The van der Waals surface area contributed by atoms with E-state index in [0.717, 1.165) is 19.3 Å². The van der Waals surface area contributed by atoms with Crippen LogP contribution in [-0.4, -0.2) is 29.8 Å². The van der Waals surface area contributed by atoms with E-state index in [-0.39, 0.29) is 18.2 Å². The molecule has 1 aromatic rings. The molecule has 122 valence electrons. The Kier molecular flexibility index (Phi) is 8.28. The average molecular weight is 345 g/mol. The van der Waals surface area contributed by atoms with Crippen molar-refractivity contribution in [1.82, 2.24) is 4.90 Å². The van der Waals surface area contributed by atoms with Crippen molar-refractivity contribution in [2.75, 3.05) is 18.4 Å². The number of benzene rings is 1. The van der Waals surface area contributed by atoms with E-state index < -0.39 is 0 Å². The van der Waals surface area contributed by atoms with Crippen LogP contribution in [0.2, 0.25) is 10.0 Å². The number of nitrogens with one attached hydrogen (secondary N) is 1. The normalized spacial score (nSPS) is 10.4. The minimum absolute atomic E-state index is 0.0142. The molecule has 0 saturated carbocycles. The predicted molar refractivity (Wildman–Crippen MR) is 91.5 cm³/mol. The first-order valence-corrected chi connectivity index (χ1v) is 8.20. The lowest BCUT2D eigenvalue weighted by atomic mass is 10.2. The molecular weight excluding hydrogens is 323 g/mol. The molecular formula is C16H22Cl2N2O2. The van der Waals surface area contributed by atoms with Crippen molar-refractivity contribution in [2.45, 2.75) is 39.5 Å². The Bertz CT molecular complexity index is 501. The van der Waals surface area contributed by atoms with Crippen LogP contribution in [0.4, 0.5) is 5.69 Å². The van der Waals surface area contributed by atoms with E-state index in [4.69, 9.17) is 23.2 Å². The predicted octanol–water partition coefficient (Wildman–Crippen LogP) is 4.36. The Morgan fingerprint density at radius 2 is 1.77 bits per heavy atom. The summed E-state index contributed by atoms with van der Waals surface area (Å²) in [7, 11) is 0. The SMILES string of the molecule is CCCCCN(CCC(=O)Nc1c(Cl)cccc1Cl)C(C)=O. The fourth-order valence-corrected chi connectivity index (χ4v) is 2.53. The van der Waals surface area contributed by atoms with Crippen LogP contribution in [0.1, 0.15) is 39.5 Å². The van der Waals surface area contributed by atoms with E-state index >= 15 is 0 Å². The van der Waals surface area contributed by atoms with E-state index in [0.29, 0.717) is 28.8 Å². The quantitative estimate of drug-likeness (QED) is 0.712. The molecule has 0 aliphatic rings. The fourth-order valence-electron chi connectivity index (χ4n) is 2.04. The maximum atomic E-state index is 12.0. The van der Waals surface area contributed by atoms with E-state index in [1.54, 1.807) is 23.1 Å². The lowest BCUT2D eigenvalue weighted by molar-refractivity contribution is -0.129. The molecule has 2 amide bonds. The van der Waals surface area contributed by atoms with E-state index in [2.05, 4.69) is 12.2 Å². The van der Waals surface area contributed by atoms with Crippen molar-refractivity contribution >= 4 is 40.7 Å². The highest BCUT2D eigenvalue weighted by atomic mass is 35.5. The highest BCUT2D eigenvalue weighted by molar-refractivity contribution is 6.39. The summed E-state index contributed by atoms with van der Waals surface area (Å²) in [4.78, 5) is 25.3. The highest BCUT2D eigenvalue weighted by Crippen LogP contribution is 2.29. The number of rotatable bonds is 8. The van der Waals surface area contributed by atoms with Crippen LogP contribution in [0.3, 0.4) is 0 Å². The molecule has 0 spiro atoms. The van der Waals surface area contributed by atoms with Crippen LogP contribution in [0.5, 0.6) is 0 Å². The number of carbonyl (C=O) groups is 2. The van der Waals surface area contributed by atoms with Crippen LogP contribution in [-0.2, 0) is 9.59 Å². The number of amides is 2. The maximum Gasteiger partial charge on any atom is 0.226 e. The molecule has 1 aromatic carbocycles. The number of halogens is 2. The van der Waals surface area contributed by atoms with Crippen LogP contribution in [0, 0.1) is 0 Å². The van der Waals surface area contributed by atoms with Crippen molar-refractivity contribution in [3.63, 3.8) is 0 Å². The molecule has 0 aliphatic carbocycles. The standard InChI is InChI=1S/C16H22Cl2N2O2/c1-3-4-5-10-20(12(2)21)11-9-15(22)19-16-13(17)7-6-8-14(16)18/h6-8H,3-5,9-11H2,1-2H3,(H,19,22). The Labute approximate surface area is 141 Å². The van der Waals surface area contributed by atoms with Crippen LogP contribution in [0.15, 0.2) is 18.2 Å². The second kappa shape index (κ2) is 9.70. The van der Waals surface area contributed by atoms with Gasteiger partial charge < -0.3 is 10.2 Å². The van der Waals surface area contributed by atoms with Crippen LogP contribution >= 0.6 is 23.2 Å². The van der Waals surface area contributed by atoms with E-state index in [1.807, 2.05) is 0 Å². The molecule has 1 N–H and O–H groups in total. The minimum Gasteiger partial charge on any atom is -0.342 e. The maximum absolute atomic E-state index is 12.0. The smallest absolute Gasteiger partial charge is 0.226 e. The summed E-state index contributed by atoms with van der Waals surface area (Å²) in [6.45, 7) is 4.71. The highest BCUT2D eigenvalue weighted by Gasteiger charge is 2.13. The number of carbonyl (C=O) groups excluding carboxylic acids is 2. The molecule has 0 unspecified atom stereocenters. The minimum atomic E-state index is -0.211. The number of hydrogen-bond donors (Lipinski definition) is 1. The third kappa shape index (κ3) is 6.24. The number of unbranched alkanes of at least 4 members (excludes halogenated alkanes) is 2. The zero-order valence-electron chi connectivity index (χ0n) is 13.0. The molecule has 0 saturated heterocycles. The van der Waals surface area contributed by atoms with Gasteiger partial charge in [0.05, 0.1) is 15.7 Å². The topological polar surface area (TPSA) is 49.4 Å². The Hall–Kier alpha value is -1.26. The summed E-state index contributed by atoms with van der Waals surface area (Å²) in [6, 6.07) is 5.04. The zero-order chi connectivity index (χ0) is 16.5. The average Bonchev–Trinajstić information content (AvgIpc) is 2.46. The van der Waals surface area contributed by atoms with Crippen molar-refractivity contribution < 1.29 is 9.59 Å². The largest absolute Gasteiger partial charge is 0.342 e. The van der Waals surface area contributed by atoms with Gasteiger partial charge in [-0.2, -0.15) is 0 Å². The Morgan fingerprint density at radius 1 is 1.14 bits per heavy atom. The molecule has 6 heteroatoms. The van der Waals surface area contributed by atoms with E-state index in [1.165, 1.54) is 6.92 Å². The van der Waals surface area contributed by atoms with Gasteiger partial charge in [-0.15, -0.1) is 0 Å². The van der Waals surface area contributed by atoms with Gasteiger partial charge in [0.15, 0.2) is 0 Å². The third-order valence-corrected chi connectivity index (χ3v) is 3.94. The molecule has 22 heavy (non-hydrogen) atoms. The zero-order valence-corrected chi connectivity index (χ0v) is 14.5. The first-order chi connectivity index (χ1) is 10.5. The number of hydrogen-bond acceptors (Lipinski definition) is 2. The summed E-state index contributed by atoms with van der Waals surface area (Å²) in [6.07, 6.45) is 3.34. The summed E-state index contributed by atoms with van der Waals surface area (Å²) in [5, 5.41) is 3.49. The van der Waals surface area contributed by atoms with Gasteiger partial charge in [-0.3, -0.25) is 9.59 Å². The molecule has 1 rings (SSSR count). The molecule has 0 aromatic heterocycles. The molecule has 0 radical (unpaired) electrons. The summed E-state index contributed by atoms with van der Waals surface area (Å²) in [5.41, 5.74) is 0.413. The van der Waals surface area contributed by atoms with Crippen LogP contribution < -0.4 is 5.32 Å². The second-order valence-electron chi connectivity index (χ2n) is 5.11. The monoisotopic (exact) mass is 344 g/mol. The molecule has 0 aliphatic heterocycles. The van der Waals surface area contributed by atoms with Gasteiger partial charge >= 0.3 is 0 Å². The lowest BCUT2D eigenvalue weighted by Crippen LogP contribution is -2.33. The number of para-hydroxylation sites is 1. The first-order valence-electron chi connectivity index (χ1n) is 7.45. The van der Waals surface area contributed by atoms with Crippen molar-refractivity contribution in [1.29, 1.82) is 0 Å². The Morgan fingerprint density at radius 3 is 2.32 bits per heavy atom. The van der Waals surface area contributed by atoms with Gasteiger partial charge in [-0.25, -0.2) is 0 Å². The van der Waals surface area contributed by atoms with Crippen molar-refractivity contribution in [2.24, 2.45) is 0 Å². The fraction of sp³-hybridized carbons (Fsp3) is 0.500. The Balaban J connectivity index is 2.51. The number of anilines is 1. The van der Waals surface area contributed by atoms with Gasteiger partial charge in [0.2, 0.25) is 11.8 Å². The first kappa shape index (κ1) is 18.8. The summed E-state index contributed by atoms with van der Waals surface area (Å²) in [5.74, 6) is -0.226. The van der Waals surface area contributed by atoms with Crippen molar-refractivity contribution in [3.8, 4) is 0 Å². The van der Waals surface area contributed by atoms with Gasteiger partial charge in [0.1, 0.15) is 0 Å². The van der Waals surface area contributed by atoms with Gasteiger partial charge in [0.25, 0.3) is 0 Å². The summed E-state index contributed by atoms with van der Waals surface area (Å²) >= 11 is 12.0. The molecule has 0 atom stereocenters. The summed E-state index contributed by atoms with van der Waals surface area (Å²) < 4.78 is 0. The van der Waals surface area contributed by atoms with E-state index in [9.17, 15) is 9.59 Å². The van der Waals surface area contributed by atoms with Gasteiger partial charge in [-0.05, 0) is 18.6 Å². The van der Waals surface area contributed by atoms with Crippen LogP contribution in [0.25, 0.3) is 0 Å². The van der Waals surface area contributed by atoms with Gasteiger partial charge in [0, 0.05) is 26.4 Å². The molecule has 4 nitrogen and oxygen atoms in total. The molecule has 0 heterocycles. The lowest BCUT2D eigenvalue weighted by Gasteiger charge is -2.20. The molecule has 0 fully saturated rings. The van der Waals surface area contributed by atoms with Gasteiger partial charge in [-0.1, -0.05) is 49.0 Å². The molecule has 0 bridgehead atoms. The van der Waals surface area contributed by atoms with Crippen molar-refractivity contribution in [3.05, 3.63) is 28.2 Å². The second-order valence-corrected chi connectivity index (χ2v) is 5.92. The number of nitrogens with zero attached hydrogens (tertiary/aromatic N) is 1.